The molecule has 3 heterocycles. The van der Waals surface area contributed by atoms with Gasteiger partial charge in [-0.3, -0.25) is 0 Å². The highest BCUT2D eigenvalue weighted by Gasteiger charge is 2.27. The maximum atomic E-state index is 5.63. The summed E-state index contributed by atoms with van der Waals surface area (Å²) in [5.74, 6) is 0.640. The minimum absolute atomic E-state index is 0.640. The predicted octanol–water partition coefficient (Wildman–Crippen LogP) is 23.1. The van der Waals surface area contributed by atoms with Crippen molar-refractivity contribution in [2.75, 3.05) is 0 Å². The van der Waals surface area contributed by atoms with Gasteiger partial charge >= 0.3 is 0 Å². The minimum atomic E-state index is 0.640. The number of nitrogens with zero attached hydrogens (tertiary/aromatic N) is 4. The van der Waals surface area contributed by atoms with Crippen molar-refractivity contribution in [3.8, 4) is 101 Å². The van der Waals surface area contributed by atoms with E-state index in [0.717, 1.165) is 72.6 Å². The van der Waals surface area contributed by atoms with E-state index in [9.17, 15) is 0 Å². The first-order chi connectivity index (χ1) is 43.7. The first kappa shape index (κ1) is 55.9. The van der Waals surface area contributed by atoms with Gasteiger partial charge in [0, 0.05) is 49.4 Å². The van der Waals surface area contributed by atoms with Gasteiger partial charge in [-0.05, 0) is 214 Å². The van der Waals surface area contributed by atoms with E-state index >= 15 is 0 Å². The van der Waals surface area contributed by atoms with Gasteiger partial charge < -0.3 is 9.13 Å². The number of hydrogen-bond acceptors (Lipinski definition) is 2. The molecule has 0 bridgehead atoms. The third-order valence-electron chi connectivity index (χ3n) is 18.7. The normalized spacial score (nSPS) is 11.7. The lowest BCUT2D eigenvalue weighted by Gasteiger charge is -2.22. The Morgan fingerprint density at radius 2 is 0.600 bits per heavy atom. The second kappa shape index (κ2) is 22.2. The Morgan fingerprint density at radius 1 is 0.233 bits per heavy atom. The number of rotatable bonds is 10. The van der Waals surface area contributed by atoms with E-state index in [-0.39, 0.29) is 0 Å². The summed E-state index contributed by atoms with van der Waals surface area (Å²) in [6.45, 7) is 22.2. The van der Waals surface area contributed by atoms with E-state index < -0.39 is 0 Å². The van der Waals surface area contributed by atoms with Crippen LogP contribution < -0.4 is 0 Å². The lowest BCUT2D eigenvalue weighted by Crippen LogP contribution is -2.05. The Bertz CT molecular complexity index is 5300. The van der Waals surface area contributed by atoms with Crippen molar-refractivity contribution in [1.82, 2.24) is 19.1 Å². The second-order valence-electron chi connectivity index (χ2n) is 25.2. The maximum absolute atomic E-state index is 5.63. The topological polar surface area (TPSA) is 35.6 Å². The Balaban J connectivity index is 1.06. The molecule has 0 aliphatic carbocycles. The Kier molecular flexibility index (Phi) is 13.8. The van der Waals surface area contributed by atoms with Crippen molar-refractivity contribution in [1.29, 1.82) is 0 Å². The average molecular weight is 1160 g/mol. The minimum Gasteiger partial charge on any atom is -0.309 e. The number of hydrogen-bond donors (Lipinski definition) is 0. The van der Waals surface area contributed by atoms with Gasteiger partial charge in [0.1, 0.15) is 0 Å². The van der Waals surface area contributed by atoms with Gasteiger partial charge in [0.15, 0.2) is 5.82 Å². The van der Waals surface area contributed by atoms with E-state index in [0.29, 0.717) is 5.82 Å². The molecule has 0 unspecified atom stereocenters. The molecule has 15 rings (SSSR count). The van der Waals surface area contributed by atoms with Gasteiger partial charge in [0.05, 0.1) is 44.8 Å². The molecule has 0 fully saturated rings. The summed E-state index contributed by atoms with van der Waals surface area (Å²) in [5.41, 5.74) is 35.8. The fourth-order valence-electron chi connectivity index (χ4n) is 14.9. The van der Waals surface area contributed by atoms with Gasteiger partial charge in [0.25, 0.3) is 0 Å². The SMILES string of the molecule is Cc1ccc(-c2ccc3c(c2)c2cc(-c4c(C)cc(C)cc4C)ccc2n3-c2ccccc2-c2c(-c3nc(-c4ccccc4)cc(-c4ccccc4)n3)cccc2-n2c3ccc(-c4ccc(C)cc4C)cc3c3cc(-c4c(C)cc(C)cc4C)ccc32)c(C)c1. The summed E-state index contributed by atoms with van der Waals surface area (Å²) in [6, 6.07) is 90.3. The van der Waals surface area contributed by atoms with E-state index in [1.165, 1.54) is 122 Å². The van der Waals surface area contributed by atoms with Gasteiger partial charge in [-0.1, -0.05) is 198 Å². The molecular weight excluding hydrogens is 1090 g/mol. The predicted molar refractivity (Wildman–Crippen MR) is 382 cm³/mol. The van der Waals surface area contributed by atoms with Crippen LogP contribution in [-0.4, -0.2) is 19.1 Å². The van der Waals surface area contributed by atoms with E-state index in [4.69, 9.17) is 9.97 Å². The molecule has 0 spiro atoms. The standard InChI is InChI=1S/C86H70N4/c1-51-28-34-67(55(5)40-51)63-30-36-78-71(46-63)73-48-65(83-57(7)42-53(3)43-58(83)8)32-38-79(73)89(78)77-26-18-17-24-69(77)85-70(86-87-75(61-20-13-11-14-21-61)50-76(88-86)62-22-15-12-16-23-62)25-19-27-82(85)90-80-37-31-64(68-35-29-52(2)41-56(68)6)47-72(80)74-49-66(33-39-81(74)90)84-59(9)44-54(4)45-60(84)10/h11-50H,1-10H3. The van der Waals surface area contributed by atoms with Gasteiger partial charge in [0.2, 0.25) is 0 Å². The smallest absolute Gasteiger partial charge is 0.161 e. The fraction of sp³-hybridized carbons (Fsp3) is 0.116. The molecule has 3 aromatic heterocycles. The number of para-hydroxylation sites is 1. The zero-order valence-electron chi connectivity index (χ0n) is 52.9. The van der Waals surface area contributed by atoms with Crippen molar-refractivity contribution in [2.24, 2.45) is 0 Å². The van der Waals surface area contributed by atoms with Crippen LogP contribution in [0.2, 0.25) is 0 Å². The molecule has 0 atom stereocenters. The second-order valence-corrected chi connectivity index (χ2v) is 25.2. The highest BCUT2D eigenvalue weighted by atomic mass is 15.0. The van der Waals surface area contributed by atoms with Gasteiger partial charge in [-0.2, -0.15) is 0 Å². The van der Waals surface area contributed by atoms with E-state index in [2.05, 4.69) is 321 Å². The van der Waals surface area contributed by atoms with Gasteiger partial charge in [-0.15, -0.1) is 0 Å². The molecule has 12 aromatic carbocycles. The zero-order valence-corrected chi connectivity index (χ0v) is 52.9. The van der Waals surface area contributed by atoms with Crippen molar-refractivity contribution in [3.63, 3.8) is 0 Å². The molecule has 0 saturated heterocycles. The largest absolute Gasteiger partial charge is 0.309 e. The maximum Gasteiger partial charge on any atom is 0.161 e. The summed E-state index contributed by atoms with van der Waals surface area (Å²) in [7, 11) is 0. The van der Waals surface area contributed by atoms with Crippen LogP contribution >= 0.6 is 0 Å². The quantitative estimate of drug-likeness (QED) is 0.137. The Labute approximate surface area is 528 Å². The molecule has 15 aromatic rings. The first-order valence-electron chi connectivity index (χ1n) is 31.4. The molecule has 0 aliphatic heterocycles. The molecule has 4 heteroatoms. The van der Waals surface area contributed by atoms with E-state index in [1.54, 1.807) is 0 Å². The summed E-state index contributed by atoms with van der Waals surface area (Å²) in [5, 5.41) is 4.75. The van der Waals surface area contributed by atoms with Crippen LogP contribution in [-0.2, 0) is 0 Å². The van der Waals surface area contributed by atoms with Crippen LogP contribution in [0.15, 0.2) is 243 Å². The molecule has 434 valence electrons. The Hall–Kier alpha value is -10.7. The van der Waals surface area contributed by atoms with Crippen LogP contribution in [0.3, 0.4) is 0 Å². The molecule has 0 aliphatic rings. The van der Waals surface area contributed by atoms with Crippen molar-refractivity contribution in [3.05, 3.63) is 298 Å². The molecule has 0 amide bonds. The number of fused-ring (bicyclic) bond motifs is 6. The van der Waals surface area contributed by atoms with Crippen molar-refractivity contribution in [2.45, 2.75) is 69.2 Å². The molecule has 90 heavy (non-hydrogen) atoms. The number of aromatic nitrogens is 4. The van der Waals surface area contributed by atoms with Crippen molar-refractivity contribution >= 4 is 43.6 Å². The monoisotopic (exact) mass is 1160 g/mol. The van der Waals surface area contributed by atoms with Crippen LogP contribution in [0.25, 0.3) is 145 Å². The van der Waals surface area contributed by atoms with Gasteiger partial charge in [-0.25, -0.2) is 9.97 Å². The molecule has 0 N–H and O–H groups in total. The molecule has 0 saturated carbocycles. The zero-order chi connectivity index (χ0) is 61.6. The fourth-order valence-corrected chi connectivity index (χ4v) is 14.9. The molecular formula is C86H70N4. The summed E-state index contributed by atoms with van der Waals surface area (Å²) >= 11 is 0. The van der Waals surface area contributed by atoms with Crippen LogP contribution in [0.5, 0.6) is 0 Å². The lowest BCUT2D eigenvalue weighted by molar-refractivity contribution is 1.15. The summed E-state index contributed by atoms with van der Waals surface area (Å²) in [6.07, 6.45) is 0. The summed E-state index contributed by atoms with van der Waals surface area (Å²) in [4.78, 5) is 11.3. The Morgan fingerprint density at radius 3 is 1.04 bits per heavy atom. The first-order valence-corrected chi connectivity index (χ1v) is 31.4. The third-order valence-corrected chi connectivity index (χ3v) is 18.7. The highest BCUT2D eigenvalue weighted by Crippen LogP contribution is 2.48. The van der Waals surface area contributed by atoms with Crippen LogP contribution in [0, 0.1) is 69.2 Å². The van der Waals surface area contributed by atoms with Crippen LogP contribution in [0.1, 0.15) is 55.6 Å². The number of aryl methyl sites for hydroxylation is 10. The molecule has 0 radical (unpaired) electrons. The van der Waals surface area contributed by atoms with Crippen LogP contribution in [0.4, 0.5) is 0 Å². The van der Waals surface area contributed by atoms with Crippen molar-refractivity contribution < 1.29 is 0 Å². The van der Waals surface area contributed by atoms with E-state index in [1.807, 2.05) is 0 Å². The summed E-state index contributed by atoms with van der Waals surface area (Å²) < 4.78 is 5.03. The molecule has 4 nitrogen and oxygen atoms in total. The third kappa shape index (κ3) is 9.62. The average Bonchev–Trinajstić information content (AvgIpc) is 1.55. The lowest BCUT2D eigenvalue weighted by atomic mass is 9.92. The number of benzene rings is 12. The highest BCUT2D eigenvalue weighted by molar-refractivity contribution is 6.15.